The molecule has 1 saturated heterocycles. The molecule has 2 aromatic carbocycles. The Kier molecular flexibility index (Phi) is 6.84. The lowest BCUT2D eigenvalue weighted by molar-refractivity contribution is -0.117. The van der Waals surface area contributed by atoms with E-state index in [0.717, 1.165) is 48.4 Å². The minimum atomic E-state index is -0.182. The van der Waals surface area contributed by atoms with E-state index in [1.54, 1.807) is 11.8 Å². The first kappa shape index (κ1) is 23.8. The highest BCUT2D eigenvalue weighted by atomic mass is 16.5. The van der Waals surface area contributed by atoms with E-state index in [2.05, 4.69) is 27.1 Å². The lowest BCUT2D eigenvalue weighted by Gasteiger charge is -2.34. The van der Waals surface area contributed by atoms with Crippen LogP contribution in [-0.4, -0.2) is 47.5 Å². The second-order valence-electron chi connectivity index (χ2n) is 9.52. The molecule has 8 nitrogen and oxygen atoms in total. The number of ether oxygens (including phenoxy) is 1. The van der Waals surface area contributed by atoms with Crippen molar-refractivity contribution in [3.8, 4) is 16.9 Å². The molecular weight excluding hydrogens is 454 g/mol. The number of nitrogens with one attached hydrogen (secondary N) is 1. The fourth-order valence-electron chi connectivity index (χ4n) is 4.87. The Morgan fingerprint density at radius 2 is 1.83 bits per heavy atom. The Balaban J connectivity index is 1.34. The number of fused-ring (bicyclic) bond motifs is 1. The van der Waals surface area contributed by atoms with Gasteiger partial charge >= 0.3 is 6.03 Å². The second-order valence-corrected chi connectivity index (χ2v) is 9.52. The Morgan fingerprint density at radius 1 is 1.06 bits per heavy atom. The van der Waals surface area contributed by atoms with Crippen molar-refractivity contribution in [3.63, 3.8) is 0 Å². The van der Waals surface area contributed by atoms with Crippen molar-refractivity contribution in [2.75, 3.05) is 34.8 Å². The number of anilines is 3. The minimum Gasteiger partial charge on any atom is -0.486 e. The number of benzene rings is 2. The zero-order valence-electron chi connectivity index (χ0n) is 20.7. The zero-order chi connectivity index (χ0) is 25.1. The number of aromatic nitrogens is 2. The monoisotopic (exact) mass is 485 g/mol. The third-order valence-corrected chi connectivity index (χ3v) is 6.77. The van der Waals surface area contributed by atoms with Crippen LogP contribution in [0.3, 0.4) is 0 Å². The van der Waals surface area contributed by atoms with E-state index in [-0.39, 0.29) is 17.9 Å². The van der Waals surface area contributed by atoms with Gasteiger partial charge in [-0.15, -0.1) is 0 Å². The molecule has 2 aliphatic rings. The molecule has 36 heavy (non-hydrogen) atoms. The number of rotatable bonds is 6. The average molecular weight is 486 g/mol. The van der Waals surface area contributed by atoms with Crippen LogP contribution < -0.4 is 19.9 Å². The quantitative estimate of drug-likeness (QED) is 0.519. The molecule has 2 aliphatic heterocycles. The molecule has 186 valence electrons. The van der Waals surface area contributed by atoms with Crippen molar-refractivity contribution in [1.29, 1.82) is 0 Å². The van der Waals surface area contributed by atoms with Gasteiger partial charge in [-0.05, 0) is 55.5 Å². The van der Waals surface area contributed by atoms with E-state index in [1.165, 1.54) is 0 Å². The van der Waals surface area contributed by atoms with Crippen LogP contribution in [0.5, 0.6) is 5.75 Å². The number of para-hydroxylation sites is 1. The molecule has 0 spiro atoms. The molecule has 0 saturated carbocycles. The first-order valence-electron chi connectivity index (χ1n) is 12.5. The molecule has 2 atom stereocenters. The van der Waals surface area contributed by atoms with Crippen LogP contribution in [0.2, 0.25) is 0 Å². The molecule has 3 heterocycles. The van der Waals surface area contributed by atoms with Gasteiger partial charge in [-0.2, -0.15) is 0 Å². The predicted molar refractivity (Wildman–Crippen MR) is 141 cm³/mol. The van der Waals surface area contributed by atoms with E-state index < -0.39 is 0 Å². The van der Waals surface area contributed by atoms with Gasteiger partial charge in [0.15, 0.2) is 0 Å². The van der Waals surface area contributed by atoms with Crippen LogP contribution in [0.1, 0.15) is 33.1 Å². The number of hydrogen-bond acceptors (Lipinski definition) is 6. The first-order chi connectivity index (χ1) is 17.5. The Bertz CT molecular complexity index is 1230. The van der Waals surface area contributed by atoms with Crippen LogP contribution in [0.15, 0.2) is 60.9 Å². The van der Waals surface area contributed by atoms with E-state index >= 15 is 0 Å². The van der Waals surface area contributed by atoms with Crippen LogP contribution in [0, 0.1) is 5.92 Å². The summed E-state index contributed by atoms with van der Waals surface area (Å²) in [5.41, 5.74) is 3.30. The fraction of sp³-hybridized carbons (Fsp3) is 0.357. The summed E-state index contributed by atoms with van der Waals surface area (Å²) >= 11 is 0. The van der Waals surface area contributed by atoms with Crippen LogP contribution >= 0.6 is 0 Å². The highest BCUT2D eigenvalue weighted by molar-refractivity contribution is 6.03. The van der Waals surface area contributed by atoms with Crippen LogP contribution in [-0.2, 0) is 4.79 Å². The van der Waals surface area contributed by atoms with Crippen molar-refractivity contribution in [2.24, 2.45) is 5.92 Å². The third kappa shape index (κ3) is 5.17. The lowest BCUT2D eigenvalue weighted by Crippen LogP contribution is -2.45. The van der Waals surface area contributed by atoms with Crippen molar-refractivity contribution in [1.82, 2.24) is 9.97 Å². The molecule has 0 bridgehead atoms. The maximum absolute atomic E-state index is 13.1. The highest BCUT2D eigenvalue weighted by Crippen LogP contribution is 2.38. The third-order valence-electron chi connectivity index (χ3n) is 6.77. The molecule has 1 aromatic heterocycles. The first-order valence-corrected chi connectivity index (χ1v) is 12.5. The van der Waals surface area contributed by atoms with Crippen molar-refractivity contribution >= 4 is 29.1 Å². The largest absolute Gasteiger partial charge is 0.486 e. The summed E-state index contributed by atoms with van der Waals surface area (Å²) in [5.74, 6) is 1.96. The normalized spacial score (nSPS) is 18.9. The van der Waals surface area contributed by atoms with Gasteiger partial charge in [0.05, 0.1) is 12.2 Å². The molecular formula is C28H31N5O3. The Morgan fingerprint density at radius 3 is 2.56 bits per heavy atom. The van der Waals surface area contributed by atoms with E-state index in [4.69, 9.17) is 4.74 Å². The summed E-state index contributed by atoms with van der Waals surface area (Å²) < 4.78 is 6.22. The molecule has 1 fully saturated rings. The topological polar surface area (TPSA) is 87.7 Å². The minimum absolute atomic E-state index is 0.0917. The standard InChI is InChI=1S/C28H31N5O3/c1-3-24-18-33(28(35)31-23-7-5-4-6-8-23)25-10-9-21(14-26(25)36-24)22-15-29-27(30-16-22)32-12-11-20(17-32)13-19(2)34/h4-10,14-16,20,24H,3,11-13,17-18H2,1-2H3,(H,31,35). The summed E-state index contributed by atoms with van der Waals surface area (Å²) in [6.45, 7) is 5.86. The van der Waals surface area contributed by atoms with Gasteiger partial charge in [0, 0.05) is 43.2 Å². The van der Waals surface area contributed by atoms with Gasteiger partial charge in [0.2, 0.25) is 5.95 Å². The Labute approximate surface area is 211 Å². The number of Topliss-reactive ketones (excluding diaryl/α,β-unsaturated/α-hetero) is 1. The summed E-state index contributed by atoms with van der Waals surface area (Å²) in [6.07, 6.45) is 5.94. The maximum Gasteiger partial charge on any atom is 0.326 e. The number of carbonyl (C=O) groups is 2. The number of amides is 2. The predicted octanol–water partition coefficient (Wildman–Crippen LogP) is 5.16. The van der Waals surface area contributed by atoms with Crippen LogP contribution in [0.25, 0.3) is 11.1 Å². The van der Waals surface area contributed by atoms with E-state index in [9.17, 15) is 9.59 Å². The molecule has 3 aromatic rings. The average Bonchev–Trinajstić information content (AvgIpc) is 3.36. The second kappa shape index (κ2) is 10.4. The molecule has 2 amide bonds. The number of carbonyl (C=O) groups excluding carboxylic acids is 2. The van der Waals surface area contributed by atoms with E-state index in [1.807, 2.05) is 60.9 Å². The summed E-state index contributed by atoms with van der Waals surface area (Å²) in [7, 11) is 0. The Hall–Kier alpha value is -3.94. The highest BCUT2D eigenvalue weighted by Gasteiger charge is 2.30. The number of hydrogen-bond donors (Lipinski definition) is 1. The molecule has 5 rings (SSSR count). The van der Waals surface area contributed by atoms with Gasteiger partial charge in [-0.3, -0.25) is 4.90 Å². The number of ketones is 1. The molecule has 1 N–H and O–H groups in total. The lowest BCUT2D eigenvalue weighted by atomic mass is 10.0. The number of nitrogens with zero attached hydrogens (tertiary/aromatic N) is 4. The van der Waals surface area contributed by atoms with Gasteiger partial charge in [0.25, 0.3) is 0 Å². The van der Waals surface area contributed by atoms with Crippen LogP contribution in [0.4, 0.5) is 22.1 Å². The maximum atomic E-state index is 13.1. The molecule has 2 unspecified atom stereocenters. The summed E-state index contributed by atoms with van der Waals surface area (Å²) in [4.78, 5) is 37.6. The molecule has 0 aliphatic carbocycles. The van der Waals surface area contributed by atoms with Gasteiger partial charge in [0.1, 0.15) is 17.6 Å². The van der Waals surface area contributed by atoms with Crippen molar-refractivity contribution < 1.29 is 14.3 Å². The van der Waals surface area contributed by atoms with Gasteiger partial charge in [-0.1, -0.05) is 31.2 Å². The fourth-order valence-corrected chi connectivity index (χ4v) is 4.87. The summed E-state index contributed by atoms with van der Waals surface area (Å²) in [5, 5.41) is 2.98. The smallest absolute Gasteiger partial charge is 0.326 e. The number of urea groups is 1. The van der Waals surface area contributed by atoms with Gasteiger partial charge in [-0.25, -0.2) is 14.8 Å². The SMILES string of the molecule is CCC1CN(C(=O)Nc2ccccc2)c2ccc(-c3cnc(N4CCC(CC(C)=O)C4)nc3)cc2O1. The van der Waals surface area contributed by atoms with E-state index in [0.29, 0.717) is 30.6 Å². The summed E-state index contributed by atoms with van der Waals surface area (Å²) in [6, 6.07) is 15.1. The van der Waals surface area contributed by atoms with Gasteiger partial charge < -0.3 is 19.7 Å². The molecule has 0 radical (unpaired) electrons. The molecule has 8 heteroatoms. The van der Waals surface area contributed by atoms with Crippen molar-refractivity contribution in [2.45, 2.75) is 39.2 Å². The zero-order valence-corrected chi connectivity index (χ0v) is 20.7. The van der Waals surface area contributed by atoms with Crippen molar-refractivity contribution in [3.05, 3.63) is 60.9 Å².